The molecule has 0 spiro atoms. The lowest BCUT2D eigenvalue weighted by atomic mass is 10.4. The molecule has 1 aromatic carbocycles. The van der Waals surface area contributed by atoms with Crippen molar-refractivity contribution in [2.45, 2.75) is 24.0 Å². The van der Waals surface area contributed by atoms with E-state index in [-0.39, 0.29) is 23.1 Å². The Kier molecular flexibility index (Phi) is 5.46. The summed E-state index contributed by atoms with van der Waals surface area (Å²) in [7, 11) is 0. The van der Waals surface area contributed by atoms with E-state index in [1.807, 2.05) is 26.0 Å². The van der Waals surface area contributed by atoms with Gasteiger partial charge in [0.25, 0.3) is 0 Å². The second-order valence-corrected chi connectivity index (χ2v) is 5.95. The zero-order chi connectivity index (χ0) is 15.2. The second kappa shape index (κ2) is 7.33. The van der Waals surface area contributed by atoms with Gasteiger partial charge in [0.15, 0.2) is 0 Å². The molecule has 6 nitrogen and oxygen atoms in total. The van der Waals surface area contributed by atoms with Gasteiger partial charge in [-0.2, -0.15) is 4.98 Å². The first-order valence-corrected chi connectivity index (χ1v) is 7.62. The van der Waals surface area contributed by atoms with Crippen LogP contribution in [0.1, 0.15) is 13.8 Å². The number of hydrogen-bond donors (Lipinski definition) is 2. The monoisotopic (exact) mass is 326 g/mol. The van der Waals surface area contributed by atoms with E-state index in [9.17, 15) is 4.79 Å². The minimum atomic E-state index is -0.285. The van der Waals surface area contributed by atoms with Crippen LogP contribution in [0.5, 0.6) is 6.01 Å². The highest BCUT2D eigenvalue weighted by molar-refractivity contribution is 8.00. The summed E-state index contributed by atoms with van der Waals surface area (Å²) < 4.78 is 5.11. The number of halogens is 1. The van der Waals surface area contributed by atoms with Gasteiger partial charge in [0.2, 0.25) is 11.9 Å². The molecule has 1 heterocycles. The number of hydrogen-bond acceptors (Lipinski definition) is 5. The van der Waals surface area contributed by atoms with E-state index >= 15 is 0 Å². The van der Waals surface area contributed by atoms with E-state index in [1.165, 1.54) is 11.8 Å². The van der Waals surface area contributed by atoms with E-state index in [2.05, 4.69) is 20.5 Å². The van der Waals surface area contributed by atoms with E-state index in [0.29, 0.717) is 11.6 Å². The van der Waals surface area contributed by atoms with Gasteiger partial charge in [0.05, 0.1) is 11.9 Å². The van der Waals surface area contributed by atoms with Crippen LogP contribution < -0.4 is 10.1 Å². The molecule has 0 fully saturated rings. The Bertz CT molecular complexity index is 602. The van der Waals surface area contributed by atoms with Crippen molar-refractivity contribution in [3.05, 3.63) is 29.3 Å². The first-order valence-electron chi connectivity index (χ1n) is 6.36. The lowest BCUT2D eigenvalue weighted by Gasteiger charge is -2.10. The van der Waals surface area contributed by atoms with Crippen molar-refractivity contribution < 1.29 is 9.53 Å². The number of rotatable bonds is 6. The average Bonchev–Trinajstić information content (AvgIpc) is 2.89. The average molecular weight is 327 g/mol. The lowest BCUT2D eigenvalue weighted by molar-refractivity contribution is -0.115. The SMILES string of the molecule is CCOc1n[nH]c(NC(=O)C(C)Sc2ccc(Cl)cc2)n1. The minimum absolute atomic E-state index is 0.172. The van der Waals surface area contributed by atoms with Crippen molar-refractivity contribution in [2.75, 3.05) is 11.9 Å². The normalized spacial score (nSPS) is 12.0. The van der Waals surface area contributed by atoms with Crippen molar-refractivity contribution in [3.8, 4) is 6.01 Å². The van der Waals surface area contributed by atoms with Gasteiger partial charge in [-0.1, -0.05) is 11.6 Å². The standard InChI is InChI=1S/C13H15ClN4O2S/c1-3-20-13-16-12(17-18-13)15-11(19)8(2)21-10-6-4-9(14)5-7-10/h4-8H,3H2,1-2H3,(H2,15,16,17,18,19). The number of aromatic nitrogens is 3. The van der Waals surface area contributed by atoms with Gasteiger partial charge in [0, 0.05) is 9.92 Å². The predicted octanol–water partition coefficient (Wildman–Crippen LogP) is 2.98. The van der Waals surface area contributed by atoms with Gasteiger partial charge in [-0.25, -0.2) is 5.10 Å². The molecule has 0 aliphatic carbocycles. The smallest absolute Gasteiger partial charge is 0.337 e. The van der Waals surface area contributed by atoms with Crippen LogP contribution >= 0.6 is 23.4 Å². The molecule has 1 aromatic heterocycles. The van der Waals surface area contributed by atoms with E-state index in [4.69, 9.17) is 16.3 Å². The first-order chi connectivity index (χ1) is 10.1. The summed E-state index contributed by atoms with van der Waals surface area (Å²) in [5, 5.41) is 9.46. The van der Waals surface area contributed by atoms with Crippen molar-refractivity contribution in [1.82, 2.24) is 15.2 Å². The summed E-state index contributed by atoms with van der Waals surface area (Å²) in [6.45, 7) is 4.11. The van der Waals surface area contributed by atoms with E-state index < -0.39 is 0 Å². The molecule has 1 amide bonds. The van der Waals surface area contributed by atoms with E-state index in [1.54, 1.807) is 12.1 Å². The van der Waals surface area contributed by atoms with Crippen LogP contribution in [-0.4, -0.2) is 32.9 Å². The highest BCUT2D eigenvalue weighted by Gasteiger charge is 2.16. The fourth-order valence-electron chi connectivity index (χ4n) is 1.49. The van der Waals surface area contributed by atoms with Crippen molar-refractivity contribution in [2.24, 2.45) is 0 Å². The topological polar surface area (TPSA) is 79.9 Å². The molecule has 1 atom stereocenters. The Morgan fingerprint density at radius 2 is 2.19 bits per heavy atom. The van der Waals surface area contributed by atoms with Gasteiger partial charge >= 0.3 is 6.01 Å². The van der Waals surface area contributed by atoms with Gasteiger partial charge in [-0.3, -0.25) is 10.1 Å². The molecule has 0 saturated heterocycles. The fraction of sp³-hybridized carbons (Fsp3) is 0.308. The Morgan fingerprint density at radius 1 is 1.48 bits per heavy atom. The zero-order valence-electron chi connectivity index (χ0n) is 11.6. The van der Waals surface area contributed by atoms with Gasteiger partial charge in [0.1, 0.15) is 0 Å². The molecule has 2 aromatic rings. The number of amides is 1. The molecule has 8 heteroatoms. The summed E-state index contributed by atoms with van der Waals surface area (Å²) in [5.41, 5.74) is 0. The minimum Gasteiger partial charge on any atom is -0.463 e. The largest absolute Gasteiger partial charge is 0.463 e. The van der Waals surface area contributed by atoms with Crippen LogP contribution in [0.2, 0.25) is 5.02 Å². The maximum atomic E-state index is 12.1. The summed E-state index contributed by atoms with van der Waals surface area (Å²) in [6, 6.07) is 7.54. The van der Waals surface area contributed by atoms with Crippen LogP contribution in [0.4, 0.5) is 5.95 Å². The number of nitrogens with one attached hydrogen (secondary N) is 2. The molecule has 0 radical (unpaired) electrons. The third-order valence-corrected chi connectivity index (χ3v) is 3.84. The summed E-state index contributed by atoms with van der Waals surface area (Å²) in [4.78, 5) is 17.0. The number of anilines is 1. The summed E-state index contributed by atoms with van der Waals surface area (Å²) >= 11 is 7.26. The van der Waals surface area contributed by atoms with Gasteiger partial charge in [-0.15, -0.1) is 16.9 Å². The second-order valence-electron chi connectivity index (χ2n) is 4.10. The first kappa shape index (κ1) is 15.7. The quantitative estimate of drug-likeness (QED) is 0.798. The van der Waals surface area contributed by atoms with Gasteiger partial charge < -0.3 is 4.74 Å². The highest BCUT2D eigenvalue weighted by Crippen LogP contribution is 2.25. The Morgan fingerprint density at radius 3 is 2.86 bits per heavy atom. The fourth-order valence-corrected chi connectivity index (χ4v) is 2.48. The molecular weight excluding hydrogens is 312 g/mol. The third-order valence-electron chi connectivity index (χ3n) is 2.48. The molecule has 0 aliphatic heterocycles. The van der Waals surface area contributed by atoms with Crippen molar-refractivity contribution in [3.63, 3.8) is 0 Å². The Hall–Kier alpha value is -1.73. The molecular formula is C13H15ClN4O2S. The highest BCUT2D eigenvalue weighted by atomic mass is 35.5. The molecule has 1 unspecified atom stereocenters. The molecule has 2 rings (SSSR count). The van der Waals surface area contributed by atoms with Crippen LogP contribution in [0.3, 0.4) is 0 Å². The van der Waals surface area contributed by atoms with Crippen LogP contribution in [0.25, 0.3) is 0 Å². The number of carbonyl (C=O) groups excluding carboxylic acids is 1. The summed E-state index contributed by atoms with van der Waals surface area (Å²) in [6.07, 6.45) is 0. The number of aromatic amines is 1. The Balaban J connectivity index is 1.90. The maximum Gasteiger partial charge on any atom is 0.337 e. The molecule has 21 heavy (non-hydrogen) atoms. The molecule has 0 bridgehead atoms. The number of benzene rings is 1. The molecule has 0 aliphatic rings. The molecule has 112 valence electrons. The van der Waals surface area contributed by atoms with Crippen LogP contribution in [0.15, 0.2) is 29.2 Å². The molecule has 2 N–H and O–H groups in total. The number of carbonyl (C=O) groups is 1. The number of thioether (sulfide) groups is 1. The third kappa shape index (κ3) is 4.64. The number of nitrogens with zero attached hydrogens (tertiary/aromatic N) is 2. The Labute approximate surface area is 131 Å². The lowest BCUT2D eigenvalue weighted by Crippen LogP contribution is -2.23. The van der Waals surface area contributed by atoms with Crippen LogP contribution in [0, 0.1) is 0 Å². The summed E-state index contributed by atoms with van der Waals surface area (Å²) in [5.74, 6) is 0.0983. The molecule has 0 saturated carbocycles. The van der Waals surface area contributed by atoms with Crippen molar-refractivity contribution >= 4 is 35.2 Å². The maximum absolute atomic E-state index is 12.1. The number of H-pyrrole nitrogens is 1. The zero-order valence-corrected chi connectivity index (χ0v) is 13.2. The van der Waals surface area contributed by atoms with E-state index in [0.717, 1.165) is 4.90 Å². The van der Waals surface area contributed by atoms with Crippen LogP contribution in [-0.2, 0) is 4.79 Å². The van der Waals surface area contributed by atoms with Gasteiger partial charge in [-0.05, 0) is 38.1 Å². The predicted molar refractivity (Wildman–Crippen MR) is 83.0 cm³/mol. The van der Waals surface area contributed by atoms with Crippen molar-refractivity contribution in [1.29, 1.82) is 0 Å². The number of ether oxygens (including phenoxy) is 1.